The lowest BCUT2D eigenvalue weighted by atomic mass is 9.98. The average molecular weight is 294 g/mol. The summed E-state index contributed by atoms with van der Waals surface area (Å²) < 4.78 is 31.5. The molecule has 1 aliphatic rings. The molecule has 0 atom stereocenters. The third-order valence-corrected chi connectivity index (χ3v) is 4.37. The molecule has 0 aromatic carbocycles. The maximum Gasteiger partial charge on any atom is 0.318 e. The van der Waals surface area contributed by atoms with Crippen molar-refractivity contribution in [3.63, 3.8) is 0 Å². The summed E-state index contributed by atoms with van der Waals surface area (Å²) in [6, 6.07) is 0. The number of rotatable bonds is 6. The quantitative estimate of drug-likeness (QED) is 0.619. The average Bonchev–Trinajstić information content (AvgIpc) is 2.37. The number of ether oxygens (including phenoxy) is 1. The van der Waals surface area contributed by atoms with Crippen molar-refractivity contribution in [1.82, 2.24) is 9.03 Å². The Hall–Kier alpha value is -1.19. The summed E-state index contributed by atoms with van der Waals surface area (Å²) in [6.45, 7) is 1.72. The highest BCUT2D eigenvalue weighted by molar-refractivity contribution is 7.87. The zero-order chi connectivity index (χ0) is 14.5. The Morgan fingerprint density at radius 1 is 1.37 bits per heavy atom. The van der Waals surface area contributed by atoms with E-state index in [0.29, 0.717) is 19.4 Å². The van der Waals surface area contributed by atoms with E-state index < -0.39 is 22.7 Å². The lowest BCUT2D eigenvalue weighted by Gasteiger charge is -2.29. The Labute approximate surface area is 111 Å². The maximum absolute atomic E-state index is 11.7. The van der Waals surface area contributed by atoms with Gasteiger partial charge in [0.15, 0.2) is 0 Å². The first kappa shape index (κ1) is 15.9. The van der Waals surface area contributed by atoms with Crippen LogP contribution in [0.2, 0.25) is 0 Å². The monoisotopic (exact) mass is 294 g/mol. The first-order valence-electron chi connectivity index (χ1n) is 6.00. The van der Waals surface area contributed by atoms with Gasteiger partial charge in [0.2, 0.25) is 0 Å². The fourth-order valence-electron chi connectivity index (χ4n) is 1.84. The molecule has 0 unspecified atom stereocenters. The van der Waals surface area contributed by atoms with Crippen molar-refractivity contribution < 1.29 is 27.9 Å². The lowest BCUT2D eigenvalue weighted by molar-refractivity contribution is -0.149. The number of carbonyl (C=O) groups excluding carboxylic acids is 1. The van der Waals surface area contributed by atoms with Gasteiger partial charge in [0, 0.05) is 13.1 Å². The fourth-order valence-corrected chi connectivity index (χ4v) is 3.02. The van der Waals surface area contributed by atoms with E-state index in [-0.39, 0.29) is 25.0 Å². The first-order valence-corrected chi connectivity index (χ1v) is 7.44. The number of nitrogens with zero attached hydrogens (tertiary/aromatic N) is 1. The summed E-state index contributed by atoms with van der Waals surface area (Å²) in [5.41, 5.74) is 0. The molecule has 8 nitrogen and oxygen atoms in total. The molecule has 1 saturated heterocycles. The second-order valence-electron chi connectivity index (χ2n) is 4.15. The van der Waals surface area contributed by atoms with Crippen molar-refractivity contribution in [3.05, 3.63) is 0 Å². The molecule has 0 amide bonds. The van der Waals surface area contributed by atoms with Crippen LogP contribution in [-0.4, -0.2) is 56.0 Å². The summed E-state index contributed by atoms with van der Waals surface area (Å²) in [4.78, 5) is 21.8. The predicted octanol–water partition coefficient (Wildman–Crippen LogP) is -0.819. The van der Waals surface area contributed by atoms with Gasteiger partial charge in [-0.2, -0.15) is 17.4 Å². The summed E-state index contributed by atoms with van der Waals surface area (Å²) in [5, 5.41) is 8.44. The molecule has 0 aliphatic carbocycles. The molecule has 0 aromatic rings. The van der Waals surface area contributed by atoms with Gasteiger partial charge in [-0.1, -0.05) is 0 Å². The number of nitrogens with one attached hydrogen (secondary N) is 1. The number of esters is 1. The number of aliphatic carboxylic acids is 1. The fraction of sp³-hybridized carbons (Fsp3) is 0.800. The van der Waals surface area contributed by atoms with Crippen LogP contribution in [0.1, 0.15) is 19.8 Å². The number of carboxylic acid groups (broad SMARTS) is 1. The van der Waals surface area contributed by atoms with Gasteiger partial charge >= 0.3 is 11.9 Å². The van der Waals surface area contributed by atoms with Crippen LogP contribution in [0.25, 0.3) is 0 Å². The van der Waals surface area contributed by atoms with E-state index in [9.17, 15) is 18.0 Å². The van der Waals surface area contributed by atoms with Gasteiger partial charge in [0.25, 0.3) is 10.2 Å². The van der Waals surface area contributed by atoms with E-state index in [1.165, 1.54) is 0 Å². The highest BCUT2D eigenvalue weighted by atomic mass is 32.2. The Morgan fingerprint density at radius 3 is 2.42 bits per heavy atom. The van der Waals surface area contributed by atoms with Crippen LogP contribution in [0.4, 0.5) is 0 Å². The van der Waals surface area contributed by atoms with Crippen LogP contribution in [0.5, 0.6) is 0 Å². The summed E-state index contributed by atoms with van der Waals surface area (Å²) >= 11 is 0. The summed E-state index contributed by atoms with van der Waals surface area (Å²) in [6.07, 6.45) is 0.764. The third-order valence-electron chi connectivity index (χ3n) is 2.82. The second-order valence-corrected chi connectivity index (χ2v) is 5.90. The predicted molar refractivity (Wildman–Crippen MR) is 65.5 cm³/mol. The van der Waals surface area contributed by atoms with Gasteiger partial charge in [-0.15, -0.1) is 0 Å². The van der Waals surface area contributed by atoms with Crippen LogP contribution < -0.4 is 4.72 Å². The number of hydrogen-bond acceptors (Lipinski definition) is 5. The van der Waals surface area contributed by atoms with E-state index in [0.717, 1.165) is 4.31 Å². The van der Waals surface area contributed by atoms with Gasteiger partial charge in [0.05, 0.1) is 12.5 Å². The maximum atomic E-state index is 11.7. The van der Waals surface area contributed by atoms with Crippen molar-refractivity contribution in [2.24, 2.45) is 5.92 Å². The second kappa shape index (κ2) is 6.83. The van der Waals surface area contributed by atoms with Crippen LogP contribution in [0.15, 0.2) is 0 Å². The molecule has 9 heteroatoms. The van der Waals surface area contributed by atoms with E-state index >= 15 is 0 Å². The van der Waals surface area contributed by atoms with Crippen molar-refractivity contribution in [3.8, 4) is 0 Å². The van der Waals surface area contributed by atoms with Gasteiger partial charge in [0.1, 0.15) is 6.54 Å². The molecule has 0 spiro atoms. The largest absolute Gasteiger partial charge is 0.480 e. The number of hydrogen-bond donors (Lipinski definition) is 2. The standard InChI is InChI=1S/C10H18N2O6S/c1-2-18-10(15)8-3-5-12(6-4-8)19(16,17)11-7-9(13)14/h8,11H,2-7H2,1H3,(H,13,14). The van der Waals surface area contributed by atoms with Crippen molar-refractivity contribution >= 4 is 22.1 Å². The molecule has 19 heavy (non-hydrogen) atoms. The molecule has 0 radical (unpaired) electrons. The van der Waals surface area contributed by atoms with E-state index in [1.54, 1.807) is 6.92 Å². The summed E-state index contributed by atoms with van der Waals surface area (Å²) in [5.74, 6) is -1.84. The van der Waals surface area contributed by atoms with Gasteiger partial charge < -0.3 is 9.84 Å². The van der Waals surface area contributed by atoms with Gasteiger partial charge in [-0.05, 0) is 19.8 Å². The Morgan fingerprint density at radius 2 is 1.95 bits per heavy atom. The minimum Gasteiger partial charge on any atom is -0.480 e. The zero-order valence-electron chi connectivity index (χ0n) is 10.7. The zero-order valence-corrected chi connectivity index (χ0v) is 11.5. The minimum atomic E-state index is -3.79. The molecule has 2 N–H and O–H groups in total. The van der Waals surface area contributed by atoms with E-state index in [1.807, 2.05) is 4.72 Å². The van der Waals surface area contributed by atoms with Crippen molar-refractivity contribution in [2.75, 3.05) is 26.2 Å². The smallest absolute Gasteiger partial charge is 0.318 e. The molecular formula is C10H18N2O6S. The number of piperidine rings is 1. The van der Waals surface area contributed by atoms with Crippen LogP contribution in [0, 0.1) is 5.92 Å². The lowest BCUT2D eigenvalue weighted by Crippen LogP contribution is -2.47. The molecule has 0 aromatic heterocycles. The van der Waals surface area contributed by atoms with Crippen LogP contribution in [-0.2, 0) is 24.5 Å². The van der Waals surface area contributed by atoms with E-state index in [2.05, 4.69) is 0 Å². The molecule has 1 rings (SSSR count). The molecule has 0 saturated carbocycles. The molecule has 1 fully saturated rings. The molecule has 1 aliphatic heterocycles. The van der Waals surface area contributed by atoms with Crippen LogP contribution in [0.3, 0.4) is 0 Å². The Balaban J connectivity index is 2.49. The number of carbonyl (C=O) groups is 2. The highest BCUT2D eigenvalue weighted by Crippen LogP contribution is 2.20. The van der Waals surface area contributed by atoms with Crippen molar-refractivity contribution in [2.45, 2.75) is 19.8 Å². The summed E-state index contributed by atoms with van der Waals surface area (Å²) in [7, 11) is -3.79. The topological polar surface area (TPSA) is 113 Å². The molecule has 0 bridgehead atoms. The first-order chi connectivity index (χ1) is 8.86. The highest BCUT2D eigenvalue weighted by Gasteiger charge is 2.31. The SMILES string of the molecule is CCOC(=O)C1CCN(S(=O)(=O)NCC(=O)O)CC1. The van der Waals surface area contributed by atoms with Crippen LogP contribution >= 0.6 is 0 Å². The Bertz CT molecular complexity index is 427. The molecule has 1 heterocycles. The molecular weight excluding hydrogens is 276 g/mol. The third kappa shape index (κ3) is 4.77. The van der Waals surface area contributed by atoms with E-state index in [4.69, 9.17) is 9.84 Å². The van der Waals surface area contributed by atoms with Gasteiger partial charge in [-0.25, -0.2) is 0 Å². The van der Waals surface area contributed by atoms with Crippen molar-refractivity contribution in [1.29, 1.82) is 0 Å². The Kier molecular flexibility index (Phi) is 5.70. The number of carboxylic acids is 1. The normalized spacial score (nSPS) is 18.2. The molecule has 110 valence electrons. The minimum absolute atomic E-state index is 0.179. The van der Waals surface area contributed by atoms with Gasteiger partial charge in [-0.3, -0.25) is 9.59 Å².